The number of nitrogens with two attached hydrogens (primary N) is 1. The molecule has 0 unspecified atom stereocenters. The Labute approximate surface area is 112 Å². The lowest BCUT2D eigenvalue weighted by Crippen LogP contribution is -2.31. The molecule has 0 spiro atoms. The van der Waals surface area contributed by atoms with Crippen molar-refractivity contribution in [3.63, 3.8) is 0 Å². The van der Waals surface area contributed by atoms with Crippen LogP contribution in [0.1, 0.15) is 11.1 Å². The number of hydrogen-bond donors (Lipinski definition) is 1. The first kappa shape index (κ1) is 11.8. The SMILES string of the molecule is COc1cccc(N2CCc3cccc(N)c3C2)n1. The van der Waals surface area contributed by atoms with E-state index in [4.69, 9.17) is 10.5 Å². The third kappa shape index (κ3) is 2.21. The number of methoxy groups -OCH3 is 1. The van der Waals surface area contributed by atoms with E-state index < -0.39 is 0 Å². The summed E-state index contributed by atoms with van der Waals surface area (Å²) in [6.07, 6.45) is 0.999. The Hall–Kier alpha value is -2.23. The molecule has 0 aliphatic carbocycles. The van der Waals surface area contributed by atoms with Crippen molar-refractivity contribution in [3.05, 3.63) is 47.5 Å². The Bertz CT molecular complexity index is 598. The first-order valence-electron chi connectivity index (χ1n) is 6.40. The van der Waals surface area contributed by atoms with Crippen LogP contribution in [0, 0.1) is 0 Å². The minimum Gasteiger partial charge on any atom is -0.481 e. The minimum atomic E-state index is 0.643. The van der Waals surface area contributed by atoms with Crippen LogP contribution >= 0.6 is 0 Å². The van der Waals surface area contributed by atoms with Crippen molar-refractivity contribution >= 4 is 11.5 Å². The highest BCUT2D eigenvalue weighted by Gasteiger charge is 2.19. The summed E-state index contributed by atoms with van der Waals surface area (Å²) in [5.74, 6) is 1.58. The van der Waals surface area contributed by atoms with E-state index in [9.17, 15) is 0 Å². The monoisotopic (exact) mass is 255 g/mol. The van der Waals surface area contributed by atoms with E-state index in [0.29, 0.717) is 5.88 Å². The van der Waals surface area contributed by atoms with Crippen LogP contribution in [0.2, 0.25) is 0 Å². The smallest absolute Gasteiger partial charge is 0.214 e. The minimum absolute atomic E-state index is 0.643. The quantitative estimate of drug-likeness (QED) is 0.836. The number of hydrogen-bond acceptors (Lipinski definition) is 4. The highest BCUT2D eigenvalue weighted by molar-refractivity contribution is 5.55. The van der Waals surface area contributed by atoms with E-state index in [1.165, 1.54) is 11.1 Å². The van der Waals surface area contributed by atoms with Gasteiger partial charge in [-0.15, -0.1) is 0 Å². The molecule has 0 amide bonds. The van der Waals surface area contributed by atoms with Crippen LogP contribution in [0.15, 0.2) is 36.4 Å². The third-order valence-corrected chi connectivity index (χ3v) is 3.55. The Morgan fingerprint density at radius 2 is 2.05 bits per heavy atom. The normalized spacial score (nSPS) is 14.1. The molecule has 4 nitrogen and oxygen atoms in total. The molecule has 0 saturated heterocycles. The summed E-state index contributed by atoms with van der Waals surface area (Å²) in [5.41, 5.74) is 9.50. The van der Waals surface area contributed by atoms with Gasteiger partial charge in [0.2, 0.25) is 5.88 Å². The molecule has 1 aliphatic rings. The van der Waals surface area contributed by atoms with Gasteiger partial charge in [0.1, 0.15) is 5.82 Å². The van der Waals surface area contributed by atoms with Gasteiger partial charge in [0.15, 0.2) is 0 Å². The summed E-state index contributed by atoms with van der Waals surface area (Å²) >= 11 is 0. The fourth-order valence-corrected chi connectivity index (χ4v) is 2.50. The summed E-state index contributed by atoms with van der Waals surface area (Å²) in [6.45, 7) is 1.76. The molecular weight excluding hydrogens is 238 g/mol. The zero-order valence-corrected chi connectivity index (χ0v) is 11.0. The van der Waals surface area contributed by atoms with Crippen molar-refractivity contribution in [1.82, 2.24) is 4.98 Å². The molecule has 0 saturated carbocycles. The van der Waals surface area contributed by atoms with Crippen molar-refractivity contribution in [2.45, 2.75) is 13.0 Å². The average Bonchev–Trinajstić information content (AvgIpc) is 2.47. The van der Waals surface area contributed by atoms with Gasteiger partial charge in [-0.25, -0.2) is 0 Å². The molecule has 2 aromatic rings. The van der Waals surface area contributed by atoms with Gasteiger partial charge in [-0.2, -0.15) is 4.98 Å². The second kappa shape index (κ2) is 4.80. The van der Waals surface area contributed by atoms with Gasteiger partial charge in [0.05, 0.1) is 7.11 Å². The van der Waals surface area contributed by atoms with Crippen LogP contribution in [-0.4, -0.2) is 18.6 Å². The first-order chi connectivity index (χ1) is 9.28. The number of benzene rings is 1. The molecule has 0 fully saturated rings. The number of pyridine rings is 1. The van der Waals surface area contributed by atoms with E-state index >= 15 is 0 Å². The van der Waals surface area contributed by atoms with Gasteiger partial charge >= 0.3 is 0 Å². The van der Waals surface area contributed by atoms with E-state index in [1.807, 2.05) is 30.3 Å². The van der Waals surface area contributed by atoms with E-state index in [1.54, 1.807) is 7.11 Å². The Morgan fingerprint density at radius 1 is 1.21 bits per heavy atom. The summed E-state index contributed by atoms with van der Waals surface area (Å²) in [7, 11) is 1.63. The summed E-state index contributed by atoms with van der Waals surface area (Å²) in [5, 5.41) is 0. The zero-order chi connectivity index (χ0) is 13.2. The van der Waals surface area contributed by atoms with Crippen LogP contribution in [0.5, 0.6) is 5.88 Å². The van der Waals surface area contributed by atoms with E-state index in [0.717, 1.165) is 31.0 Å². The number of rotatable bonds is 2. The number of anilines is 2. The lowest BCUT2D eigenvalue weighted by Gasteiger charge is -2.30. The molecule has 2 heterocycles. The number of nitrogens with zero attached hydrogens (tertiary/aromatic N) is 2. The van der Waals surface area contributed by atoms with Crippen molar-refractivity contribution in [1.29, 1.82) is 0 Å². The molecule has 3 rings (SSSR count). The van der Waals surface area contributed by atoms with Crippen LogP contribution < -0.4 is 15.4 Å². The molecule has 98 valence electrons. The Balaban J connectivity index is 1.91. The zero-order valence-electron chi connectivity index (χ0n) is 11.0. The fourth-order valence-electron chi connectivity index (χ4n) is 2.50. The maximum absolute atomic E-state index is 6.07. The van der Waals surface area contributed by atoms with Crippen molar-refractivity contribution in [3.8, 4) is 5.88 Å². The Kier molecular flexibility index (Phi) is 2.99. The van der Waals surface area contributed by atoms with Crippen LogP contribution in [0.4, 0.5) is 11.5 Å². The summed E-state index contributed by atoms with van der Waals surface area (Å²) in [4.78, 5) is 6.72. The van der Waals surface area contributed by atoms with Crippen molar-refractivity contribution in [2.24, 2.45) is 0 Å². The van der Waals surface area contributed by atoms with Crippen LogP contribution in [0.3, 0.4) is 0 Å². The van der Waals surface area contributed by atoms with Gasteiger partial charge in [-0.3, -0.25) is 0 Å². The van der Waals surface area contributed by atoms with Crippen molar-refractivity contribution < 1.29 is 4.74 Å². The second-order valence-corrected chi connectivity index (χ2v) is 4.69. The van der Waals surface area contributed by atoms with Gasteiger partial charge in [0, 0.05) is 24.8 Å². The number of nitrogen functional groups attached to an aromatic ring is 1. The predicted molar refractivity (Wildman–Crippen MR) is 76.4 cm³/mol. The molecule has 2 N–H and O–H groups in total. The largest absolute Gasteiger partial charge is 0.481 e. The third-order valence-electron chi connectivity index (χ3n) is 3.55. The van der Waals surface area contributed by atoms with Crippen LogP contribution in [0.25, 0.3) is 0 Å². The van der Waals surface area contributed by atoms with Crippen LogP contribution in [-0.2, 0) is 13.0 Å². The lowest BCUT2D eigenvalue weighted by atomic mass is 9.98. The highest BCUT2D eigenvalue weighted by Crippen LogP contribution is 2.27. The molecule has 0 atom stereocenters. The maximum Gasteiger partial charge on any atom is 0.214 e. The first-order valence-corrected chi connectivity index (χ1v) is 6.40. The lowest BCUT2D eigenvalue weighted by molar-refractivity contribution is 0.397. The van der Waals surface area contributed by atoms with E-state index in [-0.39, 0.29) is 0 Å². The standard InChI is InChI=1S/C15H17N3O/c1-19-15-7-3-6-14(17-15)18-9-8-11-4-2-5-13(16)12(11)10-18/h2-7H,8-10,16H2,1H3. The molecule has 1 aromatic carbocycles. The number of ether oxygens (including phenoxy) is 1. The topological polar surface area (TPSA) is 51.4 Å². The van der Waals surface area contributed by atoms with E-state index in [2.05, 4.69) is 16.0 Å². The second-order valence-electron chi connectivity index (χ2n) is 4.69. The van der Waals surface area contributed by atoms with Gasteiger partial charge in [0.25, 0.3) is 0 Å². The number of fused-ring (bicyclic) bond motifs is 1. The molecule has 19 heavy (non-hydrogen) atoms. The predicted octanol–water partition coefficient (Wildman–Crippen LogP) is 2.24. The molecule has 0 bridgehead atoms. The highest BCUT2D eigenvalue weighted by atomic mass is 16.5. The fraction of sp³-hybridized carbons (Fsp3) is 0.267. The Morgan fingerprint density at radius 3 is 2.89 bits per heavy atom. The molecular formula is C15H17N3O. The average molecular weight is 255 g/mol. The maximum atomic E-state index is 6.07. The number of aromatic nitrogens is 1. The van der Waals surface area contributed by atoms with Gasteiger partial charge < -0.3 is 15.4 Å². The summed E-state index contributed by atoms with van der Waals surface area (Å²) < 4.78 is 5.18. The van der Waals surface area contributed by atoms with Gasteiger partial charge in [-0.05, 0) is 29.7 Å². The molecule has 1 aromatic heterocycles. The molecule has 0 radical (unpaired) electrons. The molecule has 1 aliphatic heterocycles. The summed E-state index contributed by atoms with van der Waals surface area (Å²) in [6, 6.07) is 12.0. The van der Waals surface area contributed by atoms with Crippen molar-refractivity contribution in [2.75, 3.05) is 24.3 Å². The molecule has 4 heteroatoms. The van der Waals surface area contributed by atoms with Gasteiger partial charge in [-0.1, -0.05) is 18.2 Å².